The van der Waals surface area contributed by atoms with Gasteiger partial charge in [-0.25, -0.2) is 0 Å². The number of carboxylic acid groups (broad SMARTS) is 1. The minimum Gasteiger partial charge on any atom is -0.481 e. The molecule has 0 aliphatic rings. The molecule has 0 saturated heterocycles. The highest BCUT2D eigenvalue weighted by atomic mass is 31.1. The maximum atomic E-state index is 9.95. The second-order valence-corrected chi connectivity index (χ2v) is 2.94. The number of aliphatic carboxylic acids is 1. The van der Waals surface area contributed by atoms with E-state index >= 15 is 0 Å². The third kappa shape index (κ3) is 4.68. The Morgan fingerprint density at radius 2 is 2.00 bits per heavy atom. The van der Waals surface area contributed by atoms with Gasteiger partial charge >= 0.3 is 5.97 Å². The van der Waals surface area contributed by atoms with Crippen LogP contribution < -0.4 is 0 Å². The largest absolute Gasteiger partial charge is 0.481 e. The van der Waals surface area contributed by atoms with Crippen molar-refractivity contribution in [2.75, 3.05) is 0 Å². The molecule has 0 saturated carbocycles. The SMILES string of the molecule is CC(C(=O)O)[PH](=O)O.[AlH3]. The summed E-state index contributed by atoms with van der Waals surface area (Å²) in [5.74, 6) is -1.23. The number of carbonyl (C=O) groups is 1. The molecular weight excluding hydrogens is 158 g/mol. The zero-order chi connectivity index (χ0) is 6.73. The highest BCUT2D eigenvalue weighted by Gasteiger charge is 2.15. The Morgan fingerprint density at radius 1 is 1.67 bits per heavy atom. The van der Waals surface area contributed by atoms with Gasteiger partial charge in [0.15, 0.2) is 17.4 Å². The topological polar surface area (TPSA) is 74.6 Å². The molecule has 0 fully saturated rings. The van der Waals surface area contributed by atoms with E-state index in [2.05, 4.69) is 0 Å². The van der Waals surface area contributed by atoms with Crippen molar-refractivity contribution in [3.05, 3.63) is 0 Å². The van der Waals surface area contributed by atoms with Crippen molar-refractivity contribution in [3.8, 4) is 0 Å². The number of hydrogen-bond donors (Lipinski definition) is 2. The summed E-state index contributed by atoms with van der Waals surface area (Å²) in [6.07, 6.45) is 0. The second-order valence-electron chi connectivity index (χ2n) is 1.40. The van der Waals surface area contributed by atoms with Crippen LogP contribution >= 0.6 is 8.03 Å². The maximum absolute atomic E-state index is 9.95. The summed E-state index contributed by atoms with van der Waals surface area (Å²) < 4.78 is 9.95. The van der Waals surface area contributed by atoms with Gasteiger partial charge in [0.05, 0.1) is 0 Å². The molecule has 0 heterocycles. The van der Waals surface area contributed by atoms with E-state index in [0.29, 0.717) is 0 Å². The lowest BCUT2D eigenvalue weighted by molar-refractivity contribution is -0.136. The van der Waals surface area contributed by atoms with Gasteiger partial charge in [0.25, 0.3) is 0 Å². The van der Waals surface area contributed by atoms with Crippen molar-refractivity contribution in [2.24, 2.45) is 0 Å². The first-order chi connectivity index (χ1) is 3.55. The fraction of sp³-hybridized carbons (Fsp3) is 0.667. The average molecular weight is 168 g/mol. The Hall–Kier alpha value is 0.192. The summed E-state index contributed by atoms with van der Waals surface area (Å²) in [4.78, 5) is 18.0. The van der Waals surface area contributed by atoms with Crippen LogP contribution in [0.4, 0.5) is 0 Å². The van der Waals surface area contributed by atoms with Crippen LogP contribution in [-0.4, -0.2) is 39.0 Å². The first-order valence-corrected chi connectivity index (χ1v) is 3.44. The normalized spacial score (nSPS) is 15.3. The van der Waals surface area contributed by atoms with Gasteiger partial charge < -0.3 is 10.00 Å². The van der Waals surface area contributed by atoms with Gasteiger partial charge in [0.2, 0.25) is 8.03 Å². The van der Waals surface area contributed by atoms with Crippen molar-refractivity contribution in [1.82, 2.24) is 0 Å². The van der Waals surface area contributed by atoms with Crippen LogP contribution in [0, 0.1) is 0 Å². The molecule has 0 aromatic heterocycles. The van der Waals surface area contributed by atoms with Gasteiger partial charge in [-0.3, -0.25) is 9.36 Å². The van der Waals surface area contributed by atoms with E-state index in [1.54, 1.807) is 0 Å². The molecule has 9 heavy (non-hydrogen) atoms. The molecule has 0 bridgehead atoms. The smallest absolute Gasteiger partial charge is 0.315 e. The predicted octanol–water partition coefficient (Wildman–Crippen LogP) is -1.26. The first kappa shape index (κ1) is 11.9. The fourth-order valence-corrected chi connectivity index (χ4v) is 0.317. The van der Waals surface area contributed by atoms with Gasteiger partial charge in [-0.15, -0.1) is 0 Å². The summed E-state index contributed by atoms with van der Waals surface area (Å²) in [5, 5.41) is 8.02. The molecule has 0 radical (unpaired) electrons. The minimum absolute atomic E-state index is 0. The fourth-order valence-electron chi connectivity index (χ4n) is 0.106. The predicted molar refractivity (Wildman–Crippen MR) is 38.3 cm³/mol. The summed E-state index contributed by atoms with van der Waals surface area (Å²) in [6.45, 7) is 1.20. The van der Waals surface area contributed by atoms with Crippen molar-refractivity contribution >= 4 is 31.4 Å². The molecule has 6 heteroatoms. The molecule has 2 N–H and O–H groups in total. The Kier molecular flexibility index (Phi) is 6.65. The lowest BCUT2D eigenvalue weighted by atomic mass is 10.5. The second kappa shape index (κ2) is 5.02. The third-order valence-corrected chi connectivity index (χ3v) is 1.73. The molecule has 4 nitrogen and oxygen atoms in total. The van der Waals surface area contributed by atoms with Crippen molar-refractivity contribution < 1.29 is 19.4 Å². The van der Waals surface area contributed by atoms with E-state index in [9.17, 15) is 9.36 Å². The van der Waals surface area contributed by atoms with Gasteiger partial charge in [0.1, 0.15) is 5.66 Å². The lowest BCUT2D eigenvalue weighted by Crippen LogP contribution is -2.10. The van der Waals surface area contributed by atoms with Crippen LogP contribution in [0.5, 0.6) is 0 Å². The van der Waals surface area contributed by atoms with Crippen molar-refractivity contribution in [1.29, 1.82) is 0 Å². The van der Waals surface area contributed by atoms with E-state index in [1.807, 2.05) is 0 Å². The zero-order valence-electron chi connectivity index (χ0n) is 4.29. The molecule has 0 aromatic rings. The molecule has 0 aromatic carbocycles. The molecule has 0 rings (SSSR count). The first-order valence-electron chi connectivity index (χ1n) is 2.01. The van der Waals surface area contributed by atoms with Gasteiger partial charge in [-0.1, -0.05) is 0 Å². The molecule has 2 unspecified atom stereocenters. The molecule has 0 spiro atoms. The molecule has 2 atom stereocenters. The maximum Gasteiger partial charge on any atom is 0.315 e. The van der Waals surface area contributed by atoms with Crippen LogP contribution in [0.1, 0.15) is 6.92 Å². The number of rotatable bonds is 2. The number of carboxylic acids is 1. The van der Waals surface area contributed by atoms with E-state index in [1.165, 1.54) is 6.92 Å². The van der Waals surface area contributed by atoms with E-state index < -0.39 is 19.7 Å². The summed E-state index contributed by atoms with van der Waals surface area (Å²) in [6, 6.07) is 0. The monoisotopic (exact) mass is 168 g/mol. The van der Waals surface area contributed by atoms with Gasteiger partial charge in [-0.05, 0) is 6.92 Å². The lowest BCUT2D eigenvalue weighted by Gasteiger charge is -1.96. The average Bonchev–Trinajstić information content (AvgIpc) is 1.64. The third-order valence-electron chi connectivity index (χ3n) is 0.741. The highest BCUT2D eigenvalue weighted by molar-refractivity contribution is 7.40. The highest BCUT2D eigenvalue weighted by Crippen LogP contribution is 2.20. The summed E-state index contributed by atoms with van der Waals surface area (Å²) >= 11 is 0. The Bertz CT molecular complexity index is 111. The number of hydrogen-bond acceptors (Lipinski definition) is 2. The van der Waals surface area contributed by atoms with Gasteiger partial charge in [-0.2, -0.15) is 0 Å². The minimum atomic E-state index is -2.86. The molecule has 54 valence electrons. The quantitative estimate of drug-likeness (QED) is 0.398. The van der Waals surface area contributed by atoms with E-state index in [-0.39, 0.29) is 17.4 Å². The van der Waals surface area contributed by atoms with E-state index in [4.69, 9.17) is 10.00 Å². The van der Waals surface area contributed by atoms with Crippen LogP contribution in [0.25, 0.3) is 0 Å². The zero-order valence-corrected chi connectivity index (χ0v) is 5.29. The van der Waals surface area contributed by atoms with Crippen molar-refractivity contribution in [3.63, 3.8) is 0 Å². The van der Waals surface area contributed by atoms with Crippen LogP contribution in [0.3, 0.4) is 0 Å². The van der Waals surface area contributed by atoms with Crippen LogP contribution in [0.15, 0.2) is 0 Å². The van der Waals surface area contributed by atoms with Gasteiger partial charge in [0, 0.05) is 0 Å². The molecule has 0 aliphatic heterocycles. The molecular formula is C3H10AlO4P. The molecule has 0 aliphatic carbocycles. The van der Waals surface area contributed by atoms with Crippen LogP contribution in [0.2, 0.25) is 0 Å². The Balaban J connectivity index is 0. The van der Waals surface area contributed by atoms with Crippen LogP contribution in [-0.2, 0) is 9.36 Å². The Labute approximate surface area is 63.9 Å². The molecule has 0 amide bonds. The van der Waals surface area contributed by atoms with E-state index in [0.717, 1.165) is 0 Å². The standard InChI is InChI=1S/C3H7O4P.Al.3H/c1-2(3(4)5)8(6)7;;;;/h2,8H,1H3,(H,4,5)(H,6,7);;;;. The Morgan fingerprint density at radius 3 is 2.00 bits per heavy atom. The van der Waals surface area contributed by atoms with Crippen molar-refractivity contribution in [2.45, 2.75) is 12.6 Å². The summed E-state index contributed by atoms with van der Waals surface area (Å²) in [5.41, 5.74) is -1.11. The summed E-state index contributed by atoms with van der Waals surface area (Å²) in [7, 11) is -2.86.